The number of carbonyl (C=O) groups is 1. The summed E-state index contributed by atoms with van der Waals surface area (Å²) < 4.78 is 34.8. The van der Waals surface area contributed by atoms with Crippen LogP contribution in [0.15, 0.2) is 55.0 Å². The van der Waals surface area contributed by atoms with Crippen LogP contribution in [0.1, 0.15) is 36.2 Å². The van der Waals surface area contributed by atoms with E-state index in [0.29, 0.717) is 47.7 Å². The zero-order valence-corrected chi connectivity index (χ0v) is 21.4. The van der Waals surface area contributed by atoms with Crippen LogP contribution >= 0.6 is 0 Å². The number of aromatic nitrogens is 3. The van der Waals surface area contributed by atoms with E-state index in [1.54, 1.807) is 36.8 Å². The highest BCUT2D eigenvalue weighted by Crippen LogP contribution is 2.32. The summed E-state index contributed by atoms with van der Waals surface area (Å²) in [6.45, 7) is 4.44. The third-order valence-corrected chi connectivity index (χ3v) is 6.40. The van der Waals surface area contributed by atoms with Gasteiger partial charge in [0.05, 0.1) is 34.6 Å². The third kappa shape index (κ3) is 5.51. The molecule has 1 amide bonds. The molecule has 1 fully saturated rings. The van der Waals surface area contributed by atoms with Gasteiger partial charge in [-0.05, 0) is 50.6 Å². The highest BCUT2D eigenvalue weighted by atomic mass is 19.2. The summed E-state index contributed by atoms with van der Waals surface area (Å²) >= 11 is 0. The molecule has 11 heteroatoms. The molecule has 1 aliphatic rings. The molecule has 9 nitrogen and oxygen atoms in total. The summed E-state index contributed by atoms with van der Waals surface area (Å²) in [6.07, 6.45) is 5.44. The number of rotatable bonds is 7. The number of pyridine rings is 2. The first kappa shape index (κ1) is 26.1. The number of carbonyl (C=O) groups excluding carboxylic acids is 1. The number of hydrogen-bond donors (Lipinski definition) is 2. The number of anilines is 1. The average molecular weight is 533 g/mol. The molecule has 0 radical (unpaired) electrons. The molecule has 4 heterocycles. The van der Waals surface area contributed by atoms with Crippen molar-refractivity contribution in [2.75, 3.05) is 24.6 Å². The summed E-state index contributed by atoms with van der Waals surface area (Å²) in [6, 6.07) is 10.9. The van der Waals surface area contributed by atoms with Crippen LogP contribution in [0, 0.1) is 23.0 Å². The second-order valence-electron chi connectivity index (χ2n) is 10.1. The van der Waals surface area contributed by atoms with Gasteiger partial charge in [-0.3, -0.25) is 4.79 Å². The van der Waals surface area contributed by atoms with Crippen molar-refractivity contribution >= 4 is 17.2 Å². The van der Waals surface area contributed by atoms with Gasteiger partial charge in [0, 0.05) is 36.5 Å². The maximum atomic E-state index is 14.0. The normalized spacial score (nSPS) is 15.4. The average Bonchev–Trinajstić information content (AvgIpc) is 3.55. The standard InChI is InChI=1S/C28H26F2N6O3/c1-28(2,38)16-39-20-10-22(26-18(11-31)13-33-36(26)15-20)17-6-7-24(32-12-17)35-9-8-19(14-35)34-27(37)21-4-3-5-23(29)25(21)30/h3-7,10,12-13,15,19,38H,8-9,14,16H2,1-2H3,(H,34,37)/t19-/m0/s1. The van der Waals surface area contributed by atoms with Gasteiger partial charge in [-0.2, -0.15) is 10.4 Å². The van der Waals surface area contributed by atoms with Gasteiger partial charge >= 0.3 is 0 Å². The van der Waals surface area contributed by atoms with Crippen molar-refractivity contribution in [3.63, 3.8) is 0 Å². The molecule has 0 spiro atoms. The van der Waals surface area contributed by atoms with Gasteiger partial charge in [0.1, 0.15) is 24.2 Å². The molecule has 2 N–H and O–H groups in total. The lowest BCUT2D eigenvalue weighted by Crippen LogP contribution is -2.37. The predicted molar refractivity (Wildman–Crippen MR) is 139 cm³/mol. The van der Waals surface area contributed by atoms with Crippen LogP contribution in [0.2, 0.25) is 0 Å². The van der Waals surface area contributed by atoms with Gasteiger partial charge in [0.25, 0.3) is 5.91 Å². The topological polar surface area (TPSA) is 116 Å². The Balaban J connectivity index is 1.34. The Morgan fingerprint density at radius 2 is 2.10 bits per heavy atom. The predicted octanol–water partition coefficient (Wildman–Crippen LogP) is 3.70. The molecule has 1 atom stereocenters. The first-order valence-electron chi connectivity index (χ1n) is 12.4. The SMILES string of the molecule is CC(C)(O)COc1cc(-c2ccc(N3CC[C@H](NC(=O)c4cccc(F)c4F)C3)nc2)c2c(C#N)cnn2c1. The van der Waals surface area contributed by atoms with Crippen molar-refractivity contribution in [1.29, 1.82) is 5.26 Å². The molecule has 200 valence electrons. The maximum Gasteiger partial charge on any atom is 0.254 e. The van der Waals surface area contributed by atoms with Gasteiger partial charge in [0.2, 0.25) is 0 Å². The summed E-state index contributed by atoms with van der Waals surface area (Å²) in [5, 5.41) is 26.7. The minimum absolute atomic E-state index is 0.0695. The highest BCUT2D eigenvalue weighted by molar-refractivity contribution is 5.94. The lowest BCUT2D eigenvalue weighted by atomic mass is 10.1. The molecule has 1 aliphatic heterocycles. The fourth-order valence-corrected chi connectivity index (χ4v) is 4.50. The van der Waals surface area contributed by atoms with Crippen LogP contribution in [-0.4, -0.2) is 57.0 Å². The zero-order valence-electron chi connectivity index (χ0n) is 21.4. The molecule has 1 aromatic carbocycles. The van der Waals surface area contributed by atoms with Crippen molar-refractivity contribution in [3.05, 3.63) is 77.8 Å². The molecule has 5 rings (SSSR count). The van der Waals surface area contributed by atoms with Crippen LogP contribution in [-0.2, 0) is 0 Å². The number of amides is 1. The Kier molecular flexibility index (Phi) is 6.89. The zero-order chi connectivity index (χ0) is 27.7. The first-order chi connectivity index (χ1) is 18.6. The Hall–Kier alpha value is -4.56. The molecular formula is C28H26F2N6O3. The van der Waals surface area contributed by atoms with Gasteiger partial charge in [0.15, 0.2) is 11.6 Å². The summed E-state index contributed by atoms with van der Waals surface area (Å²) in [5.41, 5.74) is 1.08. The monoisotopic (exact) mass is 532 g/mol. The van der Waals surface area contributed by atoms with Gasteiger partial charge in [-0.15, -0.1) is 0 Å². The third-order valence-electron chi connectivity index (χ3n) is 6.40. The number of nitrogens with one attached hydrogen (secondary N) is 1. The summed E-state index contributed by atoms with van der Waals surface area (Å²) in [5.74, 6) is -1.73. The lowest BCUT2D eigenvalue weighted by molar-refractivity contribution is 0.0283. The number of hydrogen-bond acceptors (Lipinski definition) is 7. The Bertz CT molecular complexity index is 1570. The first-order valence-corrected chi connectivity index (χ1v) is 12.4. The van der Waals surface area contributed by atoms with Gasteiger partial charge in [-0.25, -0.2) is 18.3 Å². The number of benzene rings is 1. The Labute approximate surface area is 223 Å². The second kappa shape index (κ2) is 10.3. The van der Waals surface area contributed by atoms with Crippen molar-refractivity contribution in [2.24, 2.45) is 0 Å². The molecule has 0 saturated carbocycles. The Morgan fingerprint density at radius 3 is 2.82 bits per heavy atom. The molecular weight excluding hydrogens is 506 g/mol. The number of fused-ring (bicyclic) bond motifs is 1. The van der Waals surface area contributed by atoms with Gasteiger partial charge in [-0.1, -0.05) is 6.07 Å². The number of halogens is 2. The van der Waals surface area contributed by atoms with Crippen molar-refractivity contribution in [3.8, 4) is 22.9 Å². The maximum absolute atomic E-state index is 14.0. The van der Waals surface area contributed by atoms with Crippen LogP contribution in [0.3, 0.4) is 0 Å². The molecule has 39 heavy (non-hydrogen) atoms. The van der Waals surface area contributed by atoms with E-state index in [0.717, 1.165) is 11.6 Å². The molecule has 1 saturated heterocycles. The Morgan fingerprint density at radius 1 is 1.28 bits per heavy atom. The molecule has 0 unspecified atom stereocenters. The van der Waals surface area contributed by atoms with E-state index >= 15 is 0 Å². The minimum Gasteiger partial charge on any atom is -0.489 e. The second-order valence-corrected chi connectivity index (χ2v) is 10.1. The fourth-order valence-electron chi connectivity index (χ4n) is 4.50. The number of nitriles is 1. The smallest absolute Gasteiger partial charge is 0.254 e. The van der Waals surface area contributed by atoms with Crippen LogP contribution in [0.5, 0.6) is 5.75 Å². The molecule has 0 aliphatic carbocycles. The molecule has 3 aromatic heterocycles. The van der Waals surface area contributed by atoms with E-state index in [4.69, 9.17) is 4.74 Å². The van der Waals surface area contributed by atoms with E-state index in [-0.39, 0.29) is 18.2 Å². The molecule has 0 bridgehead atoms. The van der Waals surface area contributed by atoms with E-state index < -0.39 is 23.1 Å². The molecule has 4 aromatic rings. The van der Waals surface area contributed by atoms with Crippen LogP contribution in [0.25, 0.3) is 16.6 Å². The van der Waals surface area contributed by atoms with E-state index in [1.165, 1.54) is 18.3 Å². The summed E-state index contributed by atoms with van der Waals surface area (Å²) in [4.78, 5) is 19.1. The van der Waals surface area contributed by atoms with E-state index in [1.807, 2.05) is 17.0 Å². The number of nitrogens with zero attached hydrogens (tertiary/aromatic N) is 5. The van der Waals surface area contributed by atoms with Crippen LogP contribution in [0.4, 0.5) is 14.6 Å². The van der Waals surface area contributed by atoms with Crippen LogP contribution < -0.4 is 15.0 Å². The minimum atomic E-state index is -1.16. The lowest BCUT2D eigenvalue weighted by Gasteiger charge is -2.19. The van der Waals surface area contributed by atoms with E-state index in [2.05, 4.69) is 21.5 Å². The largest absolute Gasteiger partial charge is 0.489 e. The van der Waals surface area contributed by atoms with Gasteiger partial charge < -0.3 is 20.1 Å². The highest BCUT2D eigenvalue weighted by Gasteiger charge is 2.27. The summed E-state index contributed by atoms with van der Waals surface area (Å²) in [7, 11) is 0. The number of ether oxygens (including phenoxy) is 1. The van der Waals surface area contributed by atoms with E-state index in [9.17, 15) is 23.9 Å². The van der Waals surface area contributed by atoms with Crippen molar-refractivity contribution < 1.29 is 23.4 Å². The fraction of sp³-hybridized carbons (Fsp3) is 0.286. The number of aliphatic hydroxyl groups is 1. The van der Waals surface area contributed by atoms with Crippen molar-refractivity contribution in [1.82, 2.24) is 19.9 Å². The van der Waals surface area contributed by atoms with Crippen molar-refractivity contribution in [2.45, 2.75) is 31.9 Å². The quantitative estimate of drug-likeness (QED) is 0.373.